The van der Waals surface area contributed by atoms with Crippen LogP contribution in [0.3, 0.4) is 0 Å². The van der Waals surface area contributed by atoms with E-state index >= 15 is 0 Å². The van der Waals surface area contributed by atoms with E-state index in [1.807, 2.05) is 0 Å². The number of carbonyl (C=O) groups excluding carboxylic acids is 1. The van der Waals surface area contributed by atoms with Gasteiger partial charge in [-0.15, -0.1) is 0 Å². The normalized spacial score (nSPS) is 15.8. The van der Waals surface area contributed by atoms with Gasteiger partial charge in [-0.3, -0.25) is 9.59 Å². The van der Waals surface area contributed by atoms with Crippen molar-refractivity contribution >= 4 is 11.9 Å². The minimum Gasteiger partial charge on any atom is -0.481 e. The molecule has 1 amide bonds. The summed E-state index contributed by atoms with van der Waals surface area (Å²) in [6.45, 7) is 3.46. The lowest BCUT2D eigenvalue weighted by molar-refractivity contribution is -0.141. The van der Waals surface area contributed by atoms with Crippen LogP contribution in [0.4, 0.5) is 4.39 Å². The van der Waals surface area contributed by atoms with Gasteiger partial charge in [-0.1, -0.05) is 18.6 Å². The second-order valence-electron chi connectivity index (χ2n) is 5.41. The van der Waals surface area contributed by atoms with Gasteiger partial charge in [0.15, 0.2) is 0 Å². The van der Waals surface area contributed by atoms with Crippen molar-refractivity contribution in [2.24, 2.45) is 5.92 Å². The first-order valence-corrected chi connectivity index (χ1v) is 6.70. The Morgan fingerprint density at radius 1 is 1.45 bits per heavy atom. The van der Waals surface area contributed by atoms with E-state index in [9.17, 15) is 14.0 Å². The van der Waals surface area contributed by atoms with Crippen LogP contribution in [0.2, 0.25) is 0 Å². The molecular weight excluding hydrogens is 261 g/mol. The van der Waals surface area contributed by atoms with Crippen molar-refractivity contribution < 1.29 is 19.1 Å². The molecular formula is C15H18FNO3. The molecule has 2 rings (SSSR count). The standard InChI is InChI=1S/C15H18FNO3/c1-9-3-6-13(16)12(7-9)14(18)17(11-4-5-11)8-10(2)15(19)20/h3,6-7,10-11H,4-5,8H2,1-2H3,(H,19,20). The first-order valence-electron chi connectivity index (χ1n) is 6.70. The molecule has 0 saturated heterocycles. The quantitative estimate of drug-likeness (QED) is 0.900. The highest BCUT2D eigenvalue weighted by Gasteiger charge is 2.35. The van der Waals surface area contributed by atoms with Crippen molar-refractivity contribution in [2.45, 2.75) is 32.7 Å². The minimum absolute atomic E-state index is 0.0227. The highest BCUT2D eigenvalue weighted by molar-refractivity contribution is 5.95. The Kier molecular flexibility index (Phi) is 4.06. The number of amides is 1. The third-order valence-electron chi connectivity index (χ3n) is 3.49. The van der Waals surface area contributed by atoms with Gasteiger partial charge in [0.2, 0.25) is 0 Å². The molecule has 1 unspecified atom stereocenters. The smallest absolute Gasteiger partial charge is 0.308 e. The molecule has 0 radical (unpaired) electrons. The number of carboxylic acid groups (broad SMARTS) is 1. The lowest BCUT2D eigenvalue weighted by Gasteiger charge is -2.24. The van der Waals surface area contributed by atoms with E-state index in [1.165, 1.54) is 17.0 Å². The molecule has 0 bridgehead atoms. The molecule has 5 heteroatoms. The number of rotatable bonds is 5. The van der Waals surface area contributed by atoms with Crippen molar-refractivity contribution in [1.29, 1.82) is 0 Å². The summed E-state index contributed by atoms with van der Waals surface area (Å²) in [6.07, 6.45) is 1.71. The average Bonchev–Trinajstić information content (AvgIpc) is 3.22. The Balaban J connectivity index is 2.23. The monoisotopic (exact) mass is 279 g/mol. The van der Waals surface area contributed by atoms with Crippen molar-refractivity contribution in [3.05, 3.63) is 35.1 Å². The number of halogens is 1. The number of benzene rings is 1. The van der Waals surface area contributed by atoms with Gasteiger partial charge in [0.05, 0.1) is 11.5 Å². The molecule has 20 heavy (non-hydrogen) atoms. The Morgan fingerprint density at radius 2 is 2.10 bits per heavy atom. The molecule has 1 aromatic carbocycles. The SMILES string of the molecule is Cc1ccc(F)c(C(=O)N(CC(C)C(=O)O)C2CC2)c1. The van der Waals surface area contributed by atoms with Crippen LogP contribution >= 0.6 is 0 Å². The Morgan fingerprint density at radius 3 is 2.65 bits per heavy atom. The Hall–Kier alpha value is -1.91. The lowest BCUT2D eigenvalue weighted by Crippen LogP contribution is -2.39. The molecule has 108 valence electrons. The van der Waals surface area contributed by atoms with Gasteiger partial charge >= 0.3 is 5.97 Å². The van der Waals surface area contributed by atoms with Crippen LogP contribution in [0.15, 0.2) is 18.2 Å². The molecule has 1 aliphatic rings. The van der Waals surface area contributed by atoms with Gasteiger partial charge in [0.1, 0.15) is 5.82 Å². The number of aliphatic carboxylic acids is 1. The van der Waals surface area contributed by atoms with Crippen molar-refractivity contribution in [3.63, 3.8) is 0 Å². The fourth-order valence-corrected chi connectivity index (χ4v) is 2.11. The van der Waals surface area contributed by atoms with Gasteiger partial charge in [-0.05, 0) is 31.9 Å². The predicted octanol–water partition coefficient (Wildman–Crippen LogP) is 2.46. The van der Waals surface area contributed by atoms with Gasteiger partial charge in [0.25, 0.3) is 5.91 Å². The fourth-order valence-electron chi connectivity index (χ4n) is 2.11. The second kappa shape index (κ2) is 5.61. The summed E-state index contributed by atoms with van der Waals surface area (Å²) in [5, 5.41) is 8.97. The van der Waals surface area contributed by atoms with Crippen LogP contribution in [0.25, 0.3) is 0 Å². The number of aryl methyl sites for hydroxylation is 1. The third-order valence-corrected chi connectivity index (χ3v) is 3.49. The van der Waals surface area contributed by atoms with Crippen LogP contribution in [-0.2, 0) is 4.79 Å². The predicted molar refractivity (Wildman–Crippen MR) is 72.0 cm³/mol. The zero-order chi connectivity index (χ0) is 14.9. The molecule has 1 atom stereocenters. The number of hydrogen-bond acceptors (Lipinski definition) is 2. The maximum absolute atomic E-state index is 13.8. The van der Waals surface area contributed by atoms with Crippen molar-refractivity contribution in [2.75, 3.05) is 6.54 Å². The van der Waals surface area contributed by atoms with E-state index in [2.05, 4.69) is 0 Å². The highest BCUT2D eigenvalue weighted by atomic mass is 19.1. The first kappa shape index (κ1) is 14.5. The van der Waals surface area contributed by atoms with Gasteiger partial charge in [-0.2, -0.15) is 0 Å². The van der Waals surface area contributed by atoms with E-state index in [-0.39, 0.29) is 18.2 Å². The number of carboxylic acids is 1. The second-order valence-corrected chi connectivity index (χ2v) is 5.41. The summed E-state index contributed by atoms with van der Waals surface area (Å²) in [7, 11) is 0. The van der Waals surface area contributed by atoms with Gasteiger partial charge in [-0.25, -0.2) is 4.39 Å². The van der Waals surface area contributed by atoms with Crippen LogP contribution in [0.5, 0.6) is 0 Å². The number of hydrogen-bond donors (Lipinski definition) is 1. The third kappa shape index (κ3) is 3.15. The Labute approximate surface area is 117 Å². The molecule has 1 aromatic rings. The largest absolute Gasteiger partial charge is 0.481 e. The minimum atomic E-state index is -0.951. The molecule has 0 spiro atoms. The van der Waals surface area contributed by atoms with Crippen LogP contribution < -0.4 is 0 Å². The molecule has 0 aromatic heterocycles. The van der Waals surface area contributed by atoms with E-state index in [1.54, 1.807) is 19.9 Å². The van der Waals surface area contributed by atoms with E-state index in [0.717, 1.165) is 18.4 Å². The highest BCUT2D eigenvalue weighted by Crippen LogP contribution is 2.29. The molecule has 0 heterocycles. The summed E-state index contributed by atoms with van der Waals surface area (Å²) in [6, 6.07) is 4.43. The molecule has 0 aliphatic heterocycles. The number of carbonyl (C=O) groups is 2. The molecule has 1 fully saturated rings. The van der Waals surface area contributed by atoms with E-state index < -0.39 is 23.6 Å². The summed E-state index contributed by atoms with van der Waals surface area (Å²) in [5.41, 5.74) is 0.825. The summed E-state index contributed by atoms with van der Waals surface area (Å²) in [5.74, 6) is -2.59. The fraction of sp³-hybridized carbons (Fsp3) is 0.467. The zero-order valence-corrected chi connectivity index (χ0v) is 11.6. The zero-order valence-electron chi connectivity index (χ0n) is 11.6. The lowest BCUT2D eigenvalue weighted by atomic mass is 10.1. The van der Waals surface area contributed by atoms with Crippen LogP contribution in [-0.4, -0.2) is 34.5 Å². The van der Waals surface area contributed by atoms with Gasteiger partial charge < -0.3 is 10.0 Å². The maximum atomic E-state index is 13.8. The average molecular weight is 279 g/mol. The Bertz CT molecular complexity index is 540. The van der Waals surface area contributed by atoms with Crippen LogP contribution in [0, 0.1) is 18.7 Å². The van der Waals surface area contributed by atoms with Crippen LogP contribution in [0.1, 0.15) is 35.7 Å². The molecule has 1 saturated carbocycles. The topological polar surface area (TPSA) is 57.6 Å². The maximum Gasteiger partial charge on any atom is 0.308 e. The summed E-state index contributed by atoms with van der Waals surface area (Å²) in [4.78, 5) is 24.9. The summed E-state index contributed by atoms with van der Waals surface area (Å²) < 4.78 is 13.8. The van der Waals surface area contributed by atoms with E-state index in [0.29, 0.717) is 0 Å². The number of nitrogens with zero attached hydrogens (tertiary/aromatic N) is 1. The molecule has 4 nitrogen and oxygen atoms in total. The molecule has 1 N–H and O–H groups in total. The van der Waals surface area contributed by atoms with E-state index in [4.69, 9.17) is 5.11 Å². The summed E-state index contributed by atoms with van der Waals surface area (Å²) >= 11 is 0. The van der Waals surface area contributed by atoms with Gasteiger partial charge in [0, 0.05) is 12.6 Å². The van der Waals surface area contributed by atoms with Crippen molar-refractivity contribution in [3.8, 4) is 0 Å². The first-order chi connectivity index (χ1) is 9.40. The molecule has 1 aliphatic carbocycles. The van der Waals surface area contributed by atoms with Crippen molar-refractivity contribution in [1.82, 2.24) is 4.90 Å².